The molecule has 0 bridgehead atoms. The number of hydrogen-bond donors (Lipinski definition) is 1. The van der Waals surface area contributed by atoms with Crippen molar-refractivity contribution in [3.63, 3.8) is 0 Å². The summed E-state index contributed by atoms with van der Waals surface area (Å²) in [6.07, 6.45) is 0. The van der Waals surface area contributed by atoms with Gasteiger partial charge >= 0.3 is 0 Å². The maximum absolute atomic E-state index is 13.3. The second-order valence-electron chi connectivity index (χ2n) is 5.65. The van der Waals surface area contributed by atoms with E-state index in [1.54, 1.807) is 6.92 Å². The van der Waals surface area contributed by atoms with Crippen molar-refractivity contribution in [3.8, 4) is 11.4 Å². The van der Waals surface area contributed by atoms with Crippen LogP contribution in [0.3, 0.4) is 0 Å². The van der Waals surface area contributed by atoms with Crippen LogP contribution in [0, 0.1) is 5.92 Å². The topological polar surface area (TPSA) is 79.0 Å². The van der Waals surface area contributed by atoms with Gasteiger partial charge in [0.15, 0.2) is 5.82 Å². The van der Waals surface area contributed by atoms with E-state index in [2.05, 4.69) is 15.2 Å². The lowest BCUT2D eigenvalue weighted by molar-refractivity contribution is 0.346. The molecule has 2 aromatic rings. The lowest BCUT2D eigenvalue weighted by atomic mass is 9.97. The second-order valence-corrected chi connectivity index (χ2v) is 7.91. The van der Waals surface area contributed by atoms with E-state index in [0.717, 1.165) is 5.56 Å². The fraction of sp³-hybridized carbons (Fsp3) is 0.467. The molecule has 0 spiro atoms. The van der Waals surface area contributed by atoms with E-state index in [0.29, 0.717) is 11.6 Å². The molecule has 3 rings (SSSR count). The van der Waals surface area contributed by atoms with Gasteiger partial charge < -0.3 is 0 Å². The number of hydrogen-bond acceptors (Lipinski definition) is 4. The average Bonchev–Trinajstić information content (AvgIpc) is 3.22. The number of benzene rings is 1. The summed E-state index contributed by atoms with van der Waals surface area (Å²) < 4.78 is 38.7. The highest BCUT2D eigenvalue weighted by molar-refractivity contribution is 7.89. The minimum absolute atomic E-state index is 0.0182. The third-order valence-corrected chi connectivity index (χ3v) is 6.06. The molecule has 0 saturated carbocycles. The molecule has 1 aliphatic heterocycles. The minimum atomic E-state index is -3.32. The minimum Gasteiger partial charge on any atom is -0.262 e. The summed E-state index contributed by atoms with van der Waals surface area (Å²) in [5, 5.41) is 7.03. The Morgan fingerprint density at radius 3 is 2.70 bits per heavy atom. The Hall–Kier alpha value is -1.80. The standard InChI is InChI=1S/C15H19FN4O2S/c1-2-23(21,22)20-9-12(8-16)13(10-20)15-17-14(18-19-15)11-6-4-3-5-7-11/h3-7,12-13H,2,8-10H2,1H3,(H,17,18,19)/t12-,13-/m1/s1. The maximum atomic E-state index is 13.3. The number of sulfonamides is 1. The molecule has 1 aliphatic rings. The Labute approximate surface area is 134 Å². The summed E-state index contributed by atoms with van der Waals surface area (Å²) in [5.41, 5.74) is 0.864. The molecule has 23 heavy (non-hydrogen) atoms. The SMILES string of the molecule is CCS(=O)(=O)N1C[C@@H](CF)[C@H](c2nc(-c3ccccc3)n[nH]2)C1. The van der Waals surface area contributed by atoms with Gasteiger partial charge in [-0.2, -0.15) is 5.10 Å². The molecule has 1 aromatic heterocycles. The number of H-pyrrole nitrogens is 1. The molecular formula is C15H19FN4O2S. The molecule has 1 saturated heterocycles. The highest BCUT2D eigenvalue weighted by Gasteiger charge is 2.40. The second kappa shape index (κ2) is 6.37. The zero-order valence-corrected chi connectivity index (χ0v) is 13.6. The molecular weight excluding hydrogens is 319 g/mol. The van der Waals surface area contributed by atoms with E-state index in [9.17, 15) is 12.8 Å². The van der Waals surface area contributed by atoms with E-state index in [-0.39, 0.29) is 24.8 Å². The highest BCUT2D eigenvalue weighted by Crippen LogP contribution is 2.33. The van der Waals surface area contributed by atoms with Crippen LogP contribution < -0.4 is 0 Å². The van der Waals surface area contributed by atoms with Gasteiger partial charge in [-0.15, -0.1) is 0 Å². The Balaban J connectivity index is 1.85. The first-order valence-electron chi connectivity index (χ1n) is 7.56. The zero-order chi connectivity index (χ0) is 16.4. The van der Waals surface area contributed by atoms with Gasteiger partial charge in [0.05, 0.1) is 12.4 Å². The van der Waals surface area contributed by atoms with Crippen LogP contribution in [0.2, 0.25) is 0 Å². The van der Waals surface area contributed by atoms with Crippen molar-refractivity contribution in [2.45, 2.75) is 12.8 Å². The molecule has 0 amide bonds. The van der Waals surface area contributed by atoms with E-state index >= 15 is 0 Å². The fourth-order valence-electron chi connectivity index (χ4n) is 2.86. The summed E-state index contributed by atoms with van der Waals surface area (Å²) in [6.45, 7) is 1.45. The normalized spacial score (nSPS) is 22.5. The van der Waals surface area contributed by atoms with Crippen molar-refractivity contribution < 1.29 is 12.8 Å². The van der Waals surface area contributed by atoms with Crippen LogP contribution in [-0.2, 0) is 10.0 Å². The Morgan fingerprint density at radius 2 is 2.04 bits per heavy atom. The van der Waals surface area contributed by atoms with Gasteiger partial charge in [-0.3, -0.25) is 9.49 Å². The van der Waals surface area contributed by atoms with Crippen LogP contribution in [-0.4, -0.2) is 53.4 Å². The molecule has 1 fully saturated rings. The number of nitrogens with one attached hydrogen (secondary N) is 1. The van der Waals surface area contributed by atoms with Gasteiger partial charge in [0.1, 0.15) is 5.82 Å². The molecule has 6 nitrogen and oxygen atoms in total. The maximum Gasteiger partial charge on any atom is 0.213 e. The van der Waals surface area contributed by atoms with Crippen LogP contribution in [0.25, 0.3) is 11.4 Å². The van der Waals surface area contributed by atoms with E-state index in [1.165, 1.54) is 4.31 Å². The molecule has 2 atom stereocenters. The lowest BCUT2D eigenvalue weighted by Crippen LogP contribution is -2.30. The molecule has 1 N–H and O–H groups in total. The van der Waals surface area contributed by atoms with Crippen LogP contribution in [0.4, 0.5) is 4.39 Å². The number of halogens is 1. The fourth-order valence-corrected chi connectivity index (χ4v) is 4.04. The van der Waals surface area contributed by atoms with Crippen LogP contribution in [0.15, 0.2) is 30.3 Å². The molecule has 8 heteroatoms. The summed E-state index contributed by atoms with van der Waals surface area (Å²) >= 11 is 0. The highest BCUT2D eigenvalue weighted by atomic mass is 32.2. The van der Waals surface area contributed by atoms with Gasteiger partial charge in [0.25, 0.3) is 0 Å². The third-order valence-electron chi connectivity index (χ3n) is 4.25. The predicted octanol–water partition coefficient (Wildman–Crippen LogP) is 1.81. The van der Waals surface area contributed by atoms with E-state index in [4.69, 9.17) is 0 Å². The van der Waals surface area contributed by atoms with Gasteiger partial charge in [-0.25, -0.2) is 17.7 Å². The van der Waals surface area contributed by atoms with Crippen LogP contribution in [0.1, 0.15) is 18.7 Å². The molecule has 2 heterocycles. The summed E-state index contributed by atoms with van der Waals surface area (Å²) in [5.74, 6) is 0.402. The van der Waals surface area contributed by atoms with Crippen LogP contribution in [0.5, 0.6) is 0 Å². The number of aromatic nitrogens is 3. The third kappa shape index (κ3) is 3.13. The smallest absolute Gasteiger partial charge is 0.213 e. The van der Waals surface area contributed by atoms with E-state index in [1.807, 2.05) is 30.3 Å². The molecule has 1 aromatic carbocycles. The number of aromatic amines is 1. The molecule has 0 radical (unpaired) electrons. The first kappa shape index (κ1) is 16.1. The van der Waals surface area contributed by atoms with Gasteiger partial charge in [-0.1, -0.05) is 30.3 Å². The number of nitrogens with zero attached hydrogens (tertiary/aromatic N) is 3. The number of rotatable bonds is 5. The quantitative estimate of drug-likeness (QED) is 0.902. The first-order valence-corrected chi connectivity index (χ1v) is 9.17. The van der Waals surface area contributed by atoms with Crippen molar-refractivity contribution in [1.29, 1.82) is 0 Å². The Bertz CT molecular complexity index is 763. The molecule has 124 valence electrons. The number of alkyl halides is 1. The van der Waals surface area contributed by atoms with Crippen molar-refractivity contribution in [1.82, 2.24) is 19.5 Å². The van der Waals surface area contributed by atoms with Crippen molar-refractivity contribution in [3.05, 3.63) is 36.2 Å². The lowest BCUT2D eigenvalue weighted by Gasteiger charge is -2.14. The monoisotopic (exact) mass is 338 g/mol. The first-order chi connectivity index (χ1) is 11.0. The van der Waals surface area contributed by atoms with Crippen molar-refractivity contribution in [2.75, 3.05) is 25.5 Å². The summed E-state index contributed by atoms with van der Waals surface area (Å²) in [7, 11) is -3.32. The molecule has 0 unspecified atom stereocenters. The van der Waals surface area contributed by atoms with Gasteiger partial charge in [0, 0.05) is 30.5 Å². The van der Waals surface area contributed by atoms with Gasteiger partial charge in [0.2, 0.25) is 10.0 Å². The van der Waals surface area contributed by atoms with Gasteiger partial charge in [-0.05, 0) is 6.92 Å². The van der Waals surface area contributed by atoms with E-state index < -0.39 is 22.6 Å². The average molecular weight is 338 g/mol. The predicted molar refractivity (Wildman–Crippen MR) is 85.1 cm³/mol. The Kier molecular flexibility index (Phi) is 4.45. The van der Waals surface area contributed by atoms with Crippen LogP contribution >= 0.6 is 0 Å². The Morgan fingerprint density at radius 1 is 1.30 bits per heavy atom. The molecule has 0 aliphatic carbocycles. The van der Waals surface area contributed by atoms with Crippen molar-refractivity contribution in [2.24, 2.45) is 5.92 Å². The summed E-state index contributed by atoms with van der Waals surface area (Å²) in [6, 6.07) is 9.46. The van der Waals surface area contributed by atoms with Crippen molar-refractivity contribution >= 4 is 10.0 Å². The summed E-state index contributed by atoms with van der Waals surface area (Å²) in [4.78, 5) is 4.45. The zero-order valence-electron chi connectivity index (χ0n) is 12.8. The largest absolute Gasteiger partial charge is 0.262 e.